The molecular formula is C14H20N6O4S. The number of nitrogens with two attached hydrogens (primary N) is 1. The summed E-state index contributed by atoms with van der Waals surface area (Å²) in [7, 11) is 1.57. The van der Waals surface area contributed by atoms with Gasteiger partial charge in [0.05, 0.1) is 22.1 Å². The van der Waals surface area contributed by atoms with Crippen molar-refractivity contribution < 1.29 is 13.3 Å². The van der Waals surface area contributed by atoms with Crippen molar-refractivity contribution in [2.24, 2.45) is 12.2 Å². The van der Waals surface area contributed by atoms with Gasteiger partial charge in [-0.25, -0.2) is 13.6 Å². The van der Waals surface area contributed by atoms with Crippen LogP contribution in [0.2, 0.25) is 0 Å². The minimum atomic E-state index is -4.01. The summed E-state index contributed by atoms with van der Waals surface area (Å²) in [4.78, 5) is 12.3. The van der Waals surface area contributed by atoms with Gasteiger partial charge in [0, 0.05) is 31.4 Å². The first-order chi connectivity index (χ1) is 11.6. The van der Waals surface area contributed by atoms with Gasteiger partial charge in [-0.1, -0.05) is 0 Å². The topological polar surface area (TPSA) is 136 Å². The number of hydrogen-bond donors (Lipinski definition) is 2. The molecule has 3 N–H and O–H groups in total. The second-order valence-electron chi connectivity index (χ2n) is 5.79. The van der Waals surface area contributed by atoms with Crippen LogP contribution in [0.25, 0.3) is 0 Å². The van der Waals surface area contributed by atoms with Crippen molar-refractivity contribution in [1.29, 1.82) is 0 Å². The summed E-state index contributed by atoms with van der Waals surface area (Å²) in [6, 6.07) is 3.45. The van der Waals surface area contributed by atoms with Gasteiger partial charge in [0.15, 0.2) is 0 Å². The van der Waals surface area contributed by atoms with Gasteiger partial charge in [-0.2, -0.15) is 5.10 Å². The number of aryl methyl sites for hydroxylation is 1. The van der Waals surface area contributed by atoms with Gasteiger partial charge < -0.3 is 10.2 Å². The van der Waals surface area contributed by atoms with E-state index in [0.29, 0.717) is 6.54 Å². The Kier molecular flexibility index (Phi) is 5.40. The van der Waals surface area contributed by atoms with E-state index in [1.807, 2.05) is 25.2 Å². The molecule has 2 aromatic rings. The lowest BCUT2D eigenvalue weighted by atomic mass is 10.1. The normalized spacial score (nSPS) is 13.0. The molecule has 1 aromatic heterocycles. The maximum atomic E-state index is 11.4. The predicted octanol–water partition coefficient (Wildman–Crippen LogP) is 0.691. The predicted molar refractivity (Wildman–Crippen MR) is 92.6 cm³/mol. The molecule has 0 amide bonds. The summed E-state index contributed by atoms with van der Waals surface area (Å²) in [6.07, 6.45) is 3.59. The van der Waals surface area contributed by atoms with E-state index in [-0.39, 0.29) is 22.3 Å². The van der Waals surface area contributed by atoms with Crippen LogP contribution in [-0.2, 0) is 17.1 Å². The molecule has 1 unspecified atom stereocenters. The highest BCUT2D eigenvalue weighted by Gasteiger charge is 2.21. The summed E-state index contributed by atoms with van der Waals surface area (Å²) in [5.41, 5.74) is 0.812. The number of rotatable bonds is 7. The number of primary sulfonamides is 1. The molecule has 1 atom stereocenters. The van der Waals surface area contributed by atoms with Crippen molar-refractivity contribution in [3.63, 3.8) is 0 Å². The lowest BCUT2D eigenvalue weighted by Crippen LogP contribution is -2.26. The Hall–Kier alpha value is -2.50. The Morgan fingerprint density at radius 1 is 1.44 bits per heavy atom. The molecule has 1 heterocycles. The van der Waals surface area contributed by atoms with Crippen molar-refractivity contribution in [3.05, 3.63) is 46.3 Å². The molecule has 0 saturated heterocycles. The average molecular weight is 368 g/mol. The first kappa shape index (κ1) is 18.8. The Balaban J connectivity index is 2.28. The van der Waals surface area contributed by atoms with Crippen LogP contribution in [0.1, 0.15) is 11.6 Å². The van der Waals surface area contributed by atoms with E-state index in [4.69, 9.17) is 5.14 Å². The first-order valence-electron chi connectivity index (χ1n) is 7.29. The third kappa shape index (κ3) is 4.53. The van der Waals surface area contributed by atoms with E-state index in [1.165, 1.54) is 12.1 Å². The molecular weight excluding hydrogens is 348 g/mol. The molecule has 0 aliphatic rings. The highest BCUT2D eigenvalue weighted by Crippen LogP contribution is 2.28. The zero-order valence-corrected chi connectivity index (χ0v) is 14.9. The number of sulfonamides is 1. The highest BCUT2D eigenvalue weighted by atomic mass is 32.2. The third-order valence-corrected chi connectivity index (χ3v) is 4.62. The fourth-order valence-electron chi connectivity index (χ4n) is 2.41. The molecule has 136 valence electrons. The van der Waals surface area contributed by atoms with Gasteiger partial charge in [-0.05, 0) is 26.2 Å². The standard InChI is InChI=1S/C14H20N6O4S/c1-18(2)14(10-7-17-19(3)9-10)8-16-12-5-4-11(25(15,23)24)6-13(12)20(21)22/h4-7,9,14,16H,8H2,1-3H3,(H2,15,23,24). The minimum absolute atomic E-state index is 0.0776. The van der Waals surface area contributed by atoms with Crippen molar-refractivity contribution in [2.75, 3.05) is 26.0 Å². The highest BCUT2D eigenvalue weighted by molar-refractivity contribution is 7.89. The third-order valence-electron chi connectivity index (χ3n) is 3.71. The summed E-state index contributed by atoms with van der Waals surface area (Å²) in [5, 5.41) is 23.4. The van der Waals surface area contributed by atoms with Crippen molar-refractivity contribution in [1.82, 2.24) is 14.7 Å². The number of hydrogen-bond acceptors (Lipinski definition) is 7. The Bertz CT molecular complexity index is 877. The number of nitrogens with one attached hydrogen (secondary N) is 1. The summed E-state index contributed by atoms with van der Waals surface area (Å²) >= 11 is 0. The molecule has 0 fully saturated rings. The molecule has 1 aromatic carbocycles. The first-order valence-corrected chi connectivity index (χ1v) is 8.84. The van der Waals surface area contributed by atoms with E-state index >= 15 is 0 Å². The Morgan fingerprint density at radius 3 is 2.60 bits per heavy atom. The number of anilines is 1. The van der Waals surface area contributed by atoms with Crippen LogP contribution in [0.15, 0.2) is 35.5 Å². The van der Waals surface area contributed by atoms with E-state index in [1.54, 1.807) is 17.9 Å². The van der Waals surface area contributed by atoms with Gasteiger partial charge in [0.25, 0.3) is 5.69 Å². The number of aromatic nitrogens is 2. The smallest absolute Gasteiger partial charge is 0.293 e. The average Bonchev–Trinajstić information content (AvgIpc) is 2.92. The fraction of sp³-hybridized carbons (Fsp3) is 0.357. The molecule has 25 heavy (non-hydrogen) atoms. The number of nitro benzene ring substituents is 1. The fourth-order valence-corrected chi connectivity index (χ4v) is 2.94. The van der Waals surface area contributed by atoms with E-state index in [9.17, 15) is 18.5 Å². The van der Waals surface area contributed by atoms with E-state index in [2.05, 4.69) is 10.4 Å². The second-order valence-corrected chi connectivity index (χ2v) is 7.35. The van der Waals surface area contributed by atoms with Crippen LogP contribution in [0, 0.1) is 10.1 Å². The largest absolute Gasteiger partial charge is 0.378 e. The number of nitro groups is 1. The molecule has 0 bridgehead atoms. The van der Waals surface area contributed by atoms with Crippen LogP contribution in [0.5, 0.6) is 0 Å². The van der Waals surface area contributed by atoms with Gasteiger partial charge in [0.2, 0.25) is 10.0 Å². The second kappa shape index (κ2) is 7.17. The lowest BCUT2D eigenvalue weighted by Gasteiger charge is -2.24. The van der Waals surface area contributed by atoms with Crippen LogP contribution in [0.4, 0.5) is 11.4 Å². The van der Waals surface area contributed by atoms with Gasteiger partial charge in [-0.15, -0.1) is 0 Å². The molecule has 0 radical (unpaired) electrons. The van der Waals surface area contributed by atoms with E-state index in [0.717, 1.165) is 11.6 Å². The van der Waals surface area contributed by atoms with Crippen LogP contribution in [-0.4, -0.2) is 48.7 Å². The van der Waals surface area contributed by atoms with E-state index < -0.39 is 14.9 Å². The van der Waals surface area contributed by atoms with Gasteiger partial charge >= 0.3 is 0 Å². The van der Waals surface area contributed by atoms with Crippen molar-refractivity contribution in [3.8, 4) is 0 Å². The lowest BCUT2D eigenvalue weighted by molar-refractivity contribution is -0.384. The zero-order chi connectivity index (χ0) is 18.8. The van der Waals surface area contributed by atoms with Crippen LogP contribution < -0.4 is 10.5 Å². The summed E-state index contributed by atoms with van der Waals surface area (Å²) < 4.78 is 24.4. The van der Waals surface area contributed by atoms with Gasteiger partial charge in [0.1, 0.15) is 5.69 Å². The molecule has 2 rings (SSSR count). The maximum Gasteiger partial charge on any atom is 0.293 e. The monoisotopic (exact) mass is 368 g/mol. The van der Waals surface area contributed by atoms with Crippen molar-refractivity contribution >= 4 is 21.4 Å². The Morgan fingerprint density at radius 2 is 2.12 bits per heavy atom. The Labute approximate surface area is 145 Å². The molecule has 0 spiro atoms. The zero-order valence-electron chi connectivity index (χ0n) is 14.1. The molecule has 0 saturated carbocycles. The molecule has 0 aliphatic carbocycles. The van der Waals surface area contributed by atoms with Gasteiger partial charge in [-0.3, -0.25) is 14.8 Å². The number of nitrogens with zero attached hydrogens (tertiary/aromatic N) is 4. The molecule has 10 nitrogen and oxygen atoms in total. The van der Waals surface area contributed by atoms with Crippen LogP contribution >= 0.6 is 0 Å². The number of benzene rings is 1. The minimum Gasteiger partial charge on any atom is -0.378 e. The molecule has 0 aliphatic heterocycles. The van der Waals surface area contributed by atoms with Crippen LogP contribution in [0.3, 0.4) is 0 Å². The van der Waals surface area contributed by atoms with Crippen molar-refractivity contribution in [2.45, 2.75) is 10.9 Å². The SMILES string of the molecule is CN(C)C(CNc1ccc(S(N)(=O)=O)cc1[N+](=O)[O-])c1cnn(C)c1. The summed E-state index contributed by atoms with van der Waals surface area (Å²) in [5.74, 6) is 0. The quantitative estimate of drug-likeness (QED) is 0.542. The molecule has 11 heteroatoms. The number of likely N-dealkylation sites (N-methyl/N-ethyl adjacent to an activating group) is 1. The summed E-state index contributed by atoms with van der Waals surface area (Å²) in [6.45, 7) is 0.369. The maximum absolute atomic E-state index is 11.4.